The number of benzene rings is 1. The number of nitrogens with zero attached hydrogens (tertiary/aromatic N) is 1. The number of carbonyl (C=O) groups excluding carboxylic acids is 1. The molecule has 0 radical (unpaired) electrons. The Balaban J connectivity index is 1.89. The van der Waals surface area contributed by atoms with Crippen LogP contribution in [0.2, 0.25) is 0 Å². The molecule has 1 aromatic carbocycles. The summed E-state index contributed by atoms with van der Waals surface area (Å²) in [6, 6.07) is 7.30. The Morgan fingerprint density at radius 1 is 1.33 bits per heavy atom. The summed E-state index contributed by atoms with van der Waals surface area (Å²) in [5.74, 6) is -0.453. The largest absolute Gasteiger partial charge is 0.334 e. The van der Waals surface area contributed by atoms with E-state index in [1.807, 2.05) is 0 Å². The zero-order valence-electron chi connectivity index (χ0n) is 9.82. The van der Waals surface area contributed by atoms with Gasteiger partial charge in [0.1, 0.15) is 5.82 Å². The summed E-state index contributed by atoms with van der Waals surface area (Å²) in [6.45, 7) is 0. The number of carbonyl (C=O) groups is 1. The lowest BCUT2D eigenvalue weighted by atomic mass is 10.1. The van der Waals surface area contributed by atoms with Crippen molar-refractivity contribution in [3.05, 3.63) is 30.1 Å². The van der Waals surface area contributed by atoms with Crippen LogP contribution in [-0.4, -0.2) is 12.1 Å². The molecule has 18 heavy (non-hydrogen) atoms. The molecule has 1 aliphatic carbocycles. The molecule has 0 spiro atoms. The van der Waals surface area contributed by atoms with Crippen LogP contribution in [0.4, 0.5) is 14.9 Å². The van der Waals surface area contributed by atoms with Gasteiger partial charge in [-0.2, -0.15) is 5.26 Å². The molecule has 2 unspecified atom stereocenters. The highest BCUT2D eigenvalue weighted by Gasteiger charge is 2.28. The molecular formula is C13H14FN3O. The highest BCUT2D eigenvalue weighted by atomic mass is 19.1. The molecule has 94 valence electrons. The van der Waals surface area contributed by atoms with E-state index in [4.69, 9.17) is 5.26 Å². The SMILES string of the molecule is N#CC1CCCC1NC(=O)Nc1ccc(F)cc1. The van der Waals surface area contributed by atoms with Crippen LogP contribution in [0.15, 0.2) is 24.3 Å². The zero-order chi connectivity index (χ0) is 13.0. The minimum Gasteiger partial charge on any atom is -0.334 e. The minimum absolute atomic E-state index is 0.0875. The minimum atomic E-state index is -0.353. The Morgan fingerprint density at radius 2 is 2.06 bits per heavy atom. The Hall–Kier alpha value is -2.09. The predicted octanol–water partition coefficient (Wildman–Crippen LogP) is 2.64. The van der Waals surface area contributed by atoms with Gasteiger partial charge < -0.3 is 10.6 Å². The lowest BCUT2D eigenvalue weighted by Crippen LogP contribution is -2.39. The first-order valence-corrected chi connectivity index (χ1v) is 5.92. The Morgan fingerprint density at radius 3 is 2.72 bits per heavy atom. The maximum atomic E-state index is 12.7. The van der Waals surface area contributed by atoms with Gasteiger partial charge in [0.05, 0.1) is 12.0 Å². The maximum Gasteiger partial charge on any atom is 0.319 e. The van der Waals surface area contributed by atoms with Crippen molar-refractivity contribution in [2.24, 2.45) is 5.92 Å². The van der Waals surface area contributed by atoms with Gasteiger partial charge in [0.15, 0.2) is 0 Å². The van der Waals surface area contributed by atoms with Crippen molar-refractivity contribution in [1.82, 2.24) is 5.32 Å². The molecule has 2 N–H and O–H groups in total. The number of rotatable bonds is 2. The summed E-state index contributed by atoms with van der Waals surface area (Å²) in [6.07, 6.45) is 2.62. The van der Waals surface area contributed by atoms with Crippen molar-refractivity contribution >= 4 is 11.7 Å². The van der Waals surface area contributed by atoms with Crippen molar-refractivity contribution < 1.29 is 9.18 Å². The molecule has 2 amide bonds. The first kappa shape index (κ1) is 12.4. The molecule has 1 fully saturated rings. The molecule has 5 heteroatoms. The molecule has 0 heterocycles. The maximum absolute atomic E-state index is 12.7. The van der Waals surface area contributed by atoms with Crippen molar-refractivity contribution in [1.29, 1.82) is 5.26 Å². The van der Waals surface area contributed by atoms with Gasteiger partial charge in [-0.25, -0.2) is 9.18 Å². The summed E-state index contributed by atoms with van der Waals surface area (Å²) >= 11 is 0. The van der Waals surface area contributed by atoms with Gasteiger partial charge in [-0.15, -0.1) is 0 Å². The third-order valence-corrected chi connectivity index (χ3v) is 3.10. The Labute approximate surface area is 105 Å². The first-order chi connectivity index (χ1) is 8.69. The second-order valence-electron chi connectivity index (χ2n) is 4.38. The highest BCUT2D eigenvalue weighted by molar-refractivity contribution is 5.89. The predicted molar refractivity (Wildman–Crippen MR) is 65.3 cm³/mol. The summed E-state index contributed by atoms with van der Waals surface area (Å²) in [5.41, 5.74) is 0.528. The molecule has 1 aromatic rings. The van der Waals surface area contributed by atoms with Crippen molar-refractivity contribution in [2.75, 3.05) is 5.32 Å². The second-order valence-corrected chi connectivity index (χ2v) is 4.38. The molecule has 1 aliphatic rings. The fourth-order valence-corrected chi connectivity index (χ4v) is 2.16. The molecule has 1 saturated carbocycles. The average molecular weight is 247 g/mol. The lowest BCUT2D eigenvalue weighted by molar-refractivity contribution is 0.247. The summed E-state index contributed by atoms with van der Waals surface area (Å²) in [5, 5.41) is 14.3. The third kappa shape index (κ3) is 2.98. The van der Waals surface area contributed by atoms with Gasteiger partial charge >= 0.3 is 6.03 Å². The van der Waals surface area contributed by atoms with E-state index in [9.17, 15) is 9.18 Å². The number of halogens is 1. The van der Waals surface area contributed by atoms with E-state index in [-0.39, 0.29) is 23.8 Å². The van der Waals surface area contributed by atoms with Gasteiger partial charge in [0.25, 0.3) is 0 Å². The molecule has 0 bridgehead atoms. The van der Waals surface area contributed by atoms with Crippen LogP contribution in [-0.2, 0) is 0 Å². The van der Waals surface area contributed by atoms with Crippen LogP contribution in [0.1, 0.15) is 19.3 Å². The number of nitriles is 1. The average Bonchev–Trinajstić information content (AvgIpc) is 2.79. The van der Waals surface area contributed by atoms with E-state index in [0.717, 1.165) is 19.3 Å². The van der Waals surface area contributed by atoms with E-state index in [1.165, 1.54) is 24.3 Å². The lowest BCUT2D eigenvalue weighted by Gasteiger charge is -2.16. The fraction of sp³-hybridized carbons (Fsp3) is 0.385. The van der Waals surface area contributed by atoms with Crippen LogP contribution < -0.4 is 10.6 Å². The number of nitrogens with one attached hydrogen (secondary N) is 2. The standard InChI is InChI=1S/C13H14FN3O/c14-10-4-6-11(7-5-10)16-13(18)17-12-3-1-2-9(12)8-15/h4-7,9,12H,1-3H2,(H2,16,17,18). The monoisotopic (exact) mass is 247 g/mol. The van der Waals surface area contributed by atoms with Crippen LogP contribution in [0.5, 0.6) is 0 Å². The molecule has 0 aliphatic heterocycles. The summed E-state index contributed by atoms with van der Waals surface area (Å²) in [7, 11) is 0. The van der Waals surface area contributed by atoms with Crippen LogP contribution in [0.3, 0.4) is 0 Å². The number of hydrogen-bond donors (Lipinski definition) is 2. The van der Waals surface area contributed by atoms with E-state index in [1.54, 1.807) is 0 Å². The van der Waals surface area contributed by atoms with Gasteiger partial charge in [-0.3, -0.25) is 0 Å². The van der Waals surface area contributed by atoms with Gasteiger partial charge in [-0.1, -0.05) is 0 Å². The van der Waals surface area contributed by atoms with Gasteiger partial charge in [0.2, 0.25) is 0 Å². The summed E-state index contributed by atoms with van der Waals surface area (Å²) in [4.78, 5) is 11.7. The molecule has 2 rings (SSSR count). The fourth-order valence-electron chi connectivity index (χ4n) is 2.16. The number of urea groups is 1. The van der Waals surface area contributed by atoms with E-state index >= 15 is 0 Å². The normalized spacial score (nSPS) is 22.2. The van der Waals surface area contributed by atoms with Gasteiger partial charge in [0, 0.05) is 11.7 Å². The third-order valence-electron chi connectivity index (χ3n) is 3.10. The summed E-state index contributed by atoms with van der Waals surface area (Å²) < 4.78 is 12.7. The molecule has 2 atom stereocenters. The Bertz CT molecular complexity index is 466. The number of amides is 2. The van der Waals surface area contributed by atoms with Crippen molar-refractivity contribution in [3.63, 3.8) is 0 Å². The second kappa shape index (κ2) is 5.50. The quantitative estimate of drug-likeness (QED) is 0.843. The van der Waals surface area contributed by atoms with Crippen LogP contribution >= 0.6 is 0 Å². The van der Waals surface area contributed by atoms with E-state index in [2.05, 4.69) is 16.7 Å². The van der Waals surface area contributed by atoms with Crippen LogP contribution in [0, 0.1) is 23.1 Å². The smallest absolute Gasteiger partial charge is 0.319 e. The number of hydrogen-bond acceptors (Lipinski definition) is 2. The first-order valence-electron chi connectivity index (χ1n) is 5.92. The topological polar surface area (TPSA) is 64.9 Å². The highest BCUT2D eigenvalue weighted by Crippen LogP contribution is 2.24. The van der Waals surface area contributed by atoms with Crippen molar-refractivity contribution in [3.8, 4) is 6.07 Å². The van der Waals surface area contributed by atoms with Crippen molar-refractivity contribution in [2.45, 2.75) is 25.3 Å². The van der Waals surface area contributed by atoms with E-state index < -0.39 is 0 Å². The van der Waals surface area contributed by atoms with E-state index in [0.29, 0.717) is 5.69 Å². The van der Waals surface area contributed by atoms with Crippen LogP contribution in [0.25, 0.3) is 0 Å². The molecule has 4 nitrogen and oxygen atoms in total. The molecule has 0 saturated heterocycles. The zero-order valence-corrected chi connectivity index (χ0v) is 9.82. The van der Waals surface area contributed by atoms with Gasteiger partial charge in [-0.05, 0) is 43.5 Å². The number of anilines is 1. The Kier molecular flexibility index (Phi) is 3.78. The molecule has 0 aromatic heterocycles. The molecular weight excluding hydrogens is 233 g/mol.